The minimum absolute atomic E-state index is 0.210. The van der Waals surface area contributed by atoms with Gasteiger partial charge in [0.25, 0.3) is 5.91 Å². The third kappa shape index (κ3) is 2.17. The zero-order valence-electron chi connectivity index (χ0n) is 14.1. The number of nitrogens with one attached hydrogen (secondary N) is 1. The molecule has 0 saturated heterocycles. The van der Waals surface area contributed by atoms with Gasteiger partial charge in [-0.3, -0.25) is 4.79 Å². The van der Waals surface area contributed by atoms with Crippen molar-refractivity contribution < 1.29 is 13.6 Å². The average molecular weight is 348 g/mol. The molecule has 1 amide bonds. The predicted octanol–water partition coefficient (Wildman–Crippen LogP) is 3.24. The summed E-state index contributed by atoms with van der Waals surface area (Å²) < 4.78 is 11.4. The number of H-pyrrole nitrogens is 1. The number of nitrogens with zero attached hydrogens (tertiary/aromatic N) is 3. The molecule has 4 heterocycles. The molecule has 4 aromatic rings. The zero-order chi connectivity index (χ0) is 17.7. The van der Waals surface area contributed by atoms with E-state index >= 15 is 0 Å². The molecule has 5 rings (SSSR count). The third-order valence-corrected chi connectivity index (χ3v) is 4.86. The molecule has 3 aromatic heterocycles. The Morgan fingerprint density at radius 3 is 3.12 bits per heavy atom. The molecule has 0 saturated carbocycles. The van der Waals surface area contributed by atoms with Crippen LogP contribution in [0, 0.1) is 6.92 Å². The van der Waals surface area contributed by atoms with E-state index in [0.29, 0.717) is 18.7 Å². The van der Waals surface area contributed by atoms with E-state index in [1.165, 1.54) is 12.6 Å². The van der Waals surface area contributed by atoms with Crippen molar-refractivity contribution in [3.05, 3.63) is 71.7 Å². The van der Waals surface area contributed by atoms with Gasteiger partial charge in [-0.1, -0.05) is 18.2 Å². The van der Waals surface area contributed by atoms with Gasteiger partial charge in [0.1, 0.15) is 17.4 Å². The molecule has 0 fully saturated rings. The molecule has 0 unspecified atom stereocenters. The molecule has 1 atom stereocenters. The Bertz CT molecular complexity index is 1090. The van der Waals surface area contributed by atoms with Crippen molar-refractivity contribution in [2.24, 2.45) is 0 Å². The lowest BCUT2D eigenvalue weighted by atomic mass is 10.00. The Labute approximate surface area is 148 Å². The van der Waals surface area contributed by atoms with Crippen molar-refractivity contribution >= 4 is 16.9 Å². The standard InChI is InChI=1S/C19H16N4O3/c1-11-3-2-4-12-7-14(26-18(11)12)17-16-13(21-9-22-16)5-6-23(17)19(24)15-8-20-10-25-15/h2-4,7-10,17H,5-6H2,1H3,(H,21,22)/t17-/m0/s1. The molecular weight excluding hydrogens is 332 g/mol. The molecule has 0 spiro atoms. The topological polar surface area (TPSA) is 88.2 Å². The van der Waals surface area contributed by atoms with Crippen molar-refractivity contribution in [1.82, 2.24) is 19.9 Å². The Balaban J connectivity index is 1.66. The van der Waals surface area contributed by atoms with Crippen LogP contribution in [0.15, 0.2) is 52.0 Å². The lowest BCUT2D eigenvalue weighted by molar-refractivity contribution is 0.0640. The number of fused-ring (bicyclic) bond motifs is 2. The van der Waals surface area contributed by atoms with Gasteiger partial charge >= 0.3 is 0 Å². The number of aromatic nitrogens is 3. The lowest BCUT2D eigenvalue weighted by Gasteiger charge is -2.33. The first-order chi connectivity index (χ1) is 12.7. The van der Waals surface area contributed by atoms with E-state index in [9.17, 15) is 4.79 Å². The molecule has 26 heavy (non-hydrogen) atoms. The number of carbonyl (C=O) groups is 1. The zero-order valence-corrected chi connectivity index (χ0v) is 14.1. The van der Waals surface area contributed by atoms with E-state index in [1.54, 1.807) is 11.2 Å². The van der Waals surface area contributed by atoms with Gasteiger partial charge in [-0.2, -0.15) is 0 Å². The van der Waals surface area contributed by atoms with Crippen molar-refractivity contribution in [3.63, 3.8) is 0 Å². The maximum absolute atomic E-state index is 13.0. The van der Waals surface area contributed by atoms with Crippen LogP contribution in [0.2, 0.25) is 0 Å². The number of aromatic amines is 1. The lowest BCUT2D eigenvalue weighted by Crippen LogP contribution is -2.40. The fourth-order valence-corrected chi connectivity index (χ4v) is 3.61. The van der Waals surface area contributed by atoms with Gasteiger partial charge < -0.3 is 18.7 Å². The molecule has 1 aliphatic heterocycles. The number of hydrogen-bond donors (Lipinski definition) is 1. The number of amides is 1. The maximum atomic E-state index is 13.0. The fraction of sp³-hybridized carbons (Fsp3) is 0.211. The van der Waals surface area contributed by atoms with Gasteiger partial charge in [-0.15, -0.1) is 0 Å². The molecule has 130 valence electrons. The average Bonchev–Trinajstić information content (AvgIpc) is 3.39. The van der Waals surface area contributed by atoms with Gasteiger partial charge in [-0.25, -0.2) is 9.97 Å². The van der Waals surface area contributed by atoms with E-state index in [0.717, 1.165) is 27.9 Å². The number of rotatable bonds is 2. The Morgan fingerprint density at radius 1 is 1.38 bits per heavy atom. The van der Waals surface area contributed by atoms with E-state index in [-0.39, 0.29) is 11.7 Å². The quantitative estimate of drug-likeness (QED) is 0.601. The van der Waals surface area contributed by atoms with E-state index in [4.69, 9.17) is 8.83 Å². The summed E-state index contributed by atoms with van der Waals surface area (Å²) in [6.45, 7) is 2.54. The van der Waals surface area contributed by atoms with Gasteiger partial charge in [-0.05, 0) is 18.6 Å². The Morgan fingerprint density at radius 2 is 2.31 bits per heavy atom. The number of carbonyl (C=O) groups excluding carboxylic acids is 1. The van der Waals surface area contributed by atoms with Crippen LogP contribution >= 0.6 is 0 Å². The van der Waals surface area contributed by atoms with Gasteiger partial charge in [0.05, 0.1) is 18.2 Å². The molecule has 7 nitrogen and oxygen atoms in total. The summed E-state index contributed by atoms with van der Waals surface area (Å²) in [4.78, 5) is 26.2. The highest BCUT2D eigenvalue weighted by Crippen LogP contribution is 2.37. The van der Waals surface area contributed by atoms with Crippen molar-refractivity contribution in [2.45, 2.75) is 19.4 Å². The molecule has 0 bridgehead atoms. The summed E-state index contributed by atoms with van der Waals surface area (Å²) in [5.74, 6) is 0.676. The predicted molar refractivity (Wildman–Crippen MR) is 92.6 cm³/mol. The molecule has 7 heteroatoms. The number of aryl methyl sites for hydroxylation is 1. The van der Waals surface area contributed by atoms with Crippen molar-refractivity contribution in [3.8, 4) is 0 Å². The van der Waals surface area contributed by atoms with Crippen LogP contribution in [0.5, 0.6) is 0 Å². The minimum atomic E-state index is -0.408. The number of hydrogen-bond acceptors (Lipinski definition) is 5. The van der Waals surface area contributed by atoms with Crippen molar-refractivity contribution in [2.75, 3.05) is 6.54 Å². The highest BCUT2D eigenvalue weighted by Gasteiger charge is 2.37. The molecule has 1 N–H and O–H groups in total. The van der Waals surface area contributed by atoms with Crippen molar-refractivity contribution in [1.29, 1.82) is 0 Å². The number of benzene rings is 1. The van der Waals surface area contributed by atoms with Crippen LogP contribution in [0.3, 0.4) is 0 Å². The Kier molecular flexibility index (Phi) is 3.21. The largest absolute Gasteiger partial charge is 0.458 e. The van der Waals surface area contributed by atoms with Crippen LogP contribution < -0.4 is 0 Å². The summed E-state index contributed by atoms with van der Waals surface area (Å²) in [6.07, 6.45) is 5.05. The second kappa shape index (κ2) is 5.59. The highest BCUT2D eigenvalue weighted by molar-refractivity contribution is 5.92. The first-order valence-electron chi connectivity index (χ1n) is 8.43. The number of para-hydroxylation sites is 1. The van der Waals surface area contributed by atoms with Crippen LogP contribution in [-0.4, -0.2) is 32.3 Å². The van der Waals surface area contributed by atoms with Gasteiger partial charge in [0.15, 0.2) is 6.39 Å². The summed E-state index contributed by atoms with van der Waals surface area (Å²) in [7, 11) is 0. The van der Waals surface area contributed by atoms with Crippen LogP contribution in [0.25, 0.3) is 11.0 Å². The van der Waals surface area contributed by atoms with E-state index < -0.39 is 6.04 Å². The SMILES string of the molecule is Cc1cccc2cc([C@H]3c4nc[nH]c4CCN3C(=O)c3cnco3)oc12. The number of oxazole rings is 1. The summed E-state index contributed by atoms with van der Waals surface area (Å²) >= 11 is 0. The minimum Gasteiger partial charge on any atom is -0.458 e. The smallest absolute Gasteiger partial charge is 0.292 e. The van der Waals surface area contributed by atoms with Crippen LogP contribution in [-0.2, 0) is 6.42 Å². The summed E-state index contributed by atoms with van der Waals surface area (Å²) in [6, 6.07) is 7.58. The van der Waals surface area contributed by atoms with E-state index in [2.05, 4.69) is 15.0 Å². The second-order valence-electron chi connectivity index (χ2n) is 6.43. The molecular formula is C19H16N4O3. The first kappa shape index (κ1) is 14.9. The molecule has 0 aliphatic carbocycles. The summed E-state index contributed by atoms with van der Waals surface area (Å²) in [5.41, 5.74) is 3.71. The third-order valence-electron chi connectivity index (χ3n) is 4.86. The fourth-order valence-electron chi connectivity index (χ4n) is 3.61. The second-order valence-corrected chi connectivity index (χ2v) is 6.43. The molecule has 0 radical (unpaired) electrons. The van der Waals surface area contributed by atoms with Crippen LogP contribution in [0.4, 0.5) is 0 Å². The van der Waals surface area contributed by atoms with Gasteiger partial charge in [0, 0.05) is 24.0 Å². The van der Waals surface area contributed by atoms with Gasteiger partial charge in [0.2, 0.25) is 5.76 Å². The summed E-state index contributed by atoms with van der Waals surface area (Å²) in [5, 5.41) is 1.01. The normalized spacial score (nSPS) is 16.8. The van der Waals surface area contributed by atoms with E-state index in [1.807, 2.05) is 31.2 Å². The molecule has 1 aliphatic rings. The number of furan rings is 1. The first-order valence-corrected chi connectivity index (χ1v) is 8.43. The number of imidazole rings is 1. The maximum Gasteiger partial charge on any atom is 0.292 e. The Hall–Kier alpha value is -3.35. The van der Waals surface area contributed by atoms with Crippen LogP contribution in [0.1, 0.15) is 39.3 Å². The monoisotopic (exact) mass is 348 g/mol. The molecule has 1 aromatic carbocycles. The highest BCUT2D eigenvalue weighted by atomic mass is 16.4.